The van der Waals surface area contributed by atoms with Crippen molar-refractivity contribution >= 4 is 11.0 Å². The predicted octanol–water partition coefficient (Wildman–Crippen LogP) is 0.389. The normalized spacial score (nSPS) is 16.0. The van der Waals surface area contributed by atoms with Crippen LogP contribution in [0.1, 0.15) is 0 Å². The zero-order valence-electron chi connectivity index (χ0n) is 3.95. The van der Waals surface area contributed by atoms with Gasteiger partial charge in [0.1, 0.15) is 0 Å². The topological polar surface area (TPSA) is 29.1 Å². The quantitative estimate of drug-likeness (QED) is 0.571. The first kappa shape index (κ1) is 7.90. The van der Waals surface area contributed by atoms with E-state index in [4.69, 9.17) is 0 Å². The van der Waals surface area contributed by atoms with Gasteiger partial charge in [-0.05, 0) is 7.05 Å². The first-order valence-electron chi connectivity index (χ1n) is 1.64. The summed E-state index contributed by atoms with van der Waals surface area (Å²) >= 11 is 0. The molecule has 0 aromatic carbocycles. The standard InChI is InChI=1S/C2H4F3NOS/c1-6-8(7)2(3,4)5/h6H,1H3. The molecule has 0 spiro atoms. The van der Waals surface area contributed by atoms with Crippen LogP contribution in [0.3, 0.4) is 0 Å². The molecule has 2 nitrogen and oxygen atoms in total. The summed E-state index contributed by atoms with van der Waals surface area (Å²) < 4.78 is 44.5. The Morgan fingerprint density at radius 2 is 1.88 bits per heavy atom. The summed E-state index contributed by atoms with van der Waals surface area (Å²) in [5.74, 6) is 0. The monoisotopic (exact) mass is 147 g/mol. The van der Waals surface area contributed by atoms with E-state index in [1.807, 2.05) is 0 Å². The van der Waals surface area contributed by atoms with Gasteiger partial charge in [0.15, 0.2) is 11.0 Å². The van der Waals surface area contributed by atoms with Crippen molar-refractivity contribution in [1.29, 1.82) is 0 Å². The Hall–Kier alpha value is -0.100. The number of hydrogen-bond donors (Lipinski definition) is 1. The third-order valence-electron chi connectivity index (χ3n) is 0.396. The van der Waals surface area contributed by atoms with E-state index in [9.17, 15) is 17.4 Å². The lowest BCUT2D eigenvalue weighted by atomic mass is 11.5. The van der Waals surface area contributed by atoms with Crippen LogP contribution in [0.5, 0.6) is 0 Å². The van der Waals surface area contributed by atoms with Crippen LogP contribution < -0.4 is 4.72 Å². The van der Waals surface area contributed by atoms with Crippen molar-refractivity contribution in [2.75, 3.05) is 7.05 Å². The molecule has 1 unspecified atom stereocenters. The second-order valence-corrected chi connectivity index (χ2v) is 2.33. The molecule has 0 amide bonds. The van der Waals surface area contributed by atoms with Gasteiger partial charge in [-0.3, -0.25) is 0 Å². The Morgan fingerprint density at radius 1 is 1.50 bits per heavy atom. The molecule has 0 fully saturated rings. The molecule has 0 aliphatic heterocycles. The Balaban J connectivity index is 3.82. The average molecular weight is 147 g/mol. The molecule has 0 aromatic rings. The van der Waals surface area contributed by atoms with E-state index in [1.165, 1.54) is 0 Å². The number of hydrogen-bond acceptors (Lipinski definition) is 1. The van der Waals surface area contributed by atoms with Crippen molar-refractivity contribution in [2.45, 2.75) is 5.51 Å². The minimum Gasteiger partial charge on any atom is -0.234 e. The summed E-state index contributed by atoms with van der Waals surface area (Å²) in [5.41, 5.74) is -4.63. The van der Waals surface area contributed by atoms with Crippen LogP contribution in [0.4, 0.5) is 13.2 Å². The van der Waals surface area contributed by atoms with Gasteiger partial charge >= 0.3 is 5.51 Å². The maximum atomic E-state index is 11.1. The van der Waals surface area contributed by atoms with E-state index < -0.39 is 16.5 Å². The van der Waals surface area contributed by atoms with Crippen molar-refractivity contribution in [3.63, 3.8) is 0 Å². The zero-order valence-corrected chi connectivity index (χ0v) is 4.77. The zero-order chi connectivity index (χ0) is 6.78. The predicted molar refractivity (Wildman–Crippen MR) is 23.3 cm³/mol. The molecule has 0 radical (unpaired) electrons. The molecular formula is C2H4F3NOS. The van der Waals surface area contributed by atoms with E-state index in [0.29, 0.717) is 0 Å². The Kier molecular flexibility index (Phi) is 2.42. The highest BCUT2D eigenvalue weighted by Gasteiger charge is 2.35. The van der Waals surface area contributed by atoms with Gasteiger partial charge in [0.2, 0.25) is 0 Å². The highest BCUT2D eigenvalue weighted by Crippen LogP contribution is 2.16. The Morgan fingerprint density at radius 3 is 1.88 bits per heavy atom. The van der Waals surface area contributed by atoms with Gasteiger partial charge in [0.25, 0.3) is 0 Å². The summed E-state index contributed by atoms with van der Waals surface area (Å²) in [5, 5.41) is 0. The molecular weight excluding hydrogens is 143 g/mol. The van der Waals surface area contributed by atoms with Crippen LogP contribution in [0.15, 0.2) is 0 Å². The lowest BCUT2D eigenvalue weighted by Gasteiger charge is -2.01. The minimum absolute atomic E-state index is 0.976. The minimum atomic E-state index is -4.63. The number of halogens is 3. The fourth-order valence-electron chi connectivity index (χ4n) is 0.116. The average Bonchev–Trinajstić information content (AvgIpc) is 1.62. The number of alkyl halides is 3. The first-order valence-corrected chi connectivity index (χ1v) is 2.79. The molecule has 0 aromatic heterocycles. The van der Waals surface area contributed by atoms with Gasteiger partial charge in [0, 0.05) is 0 Å². The van der Waals surface area contributed by atoms with Crippen LogP contribution in [0.2, 0.25) is 0 Å². The summed E-state index contributed by atoms with van der Waals surface area (Å²) in [6.07, 6.45) is 0. The third kappa shape index (κ3) is 2.27. The van der Waals surface area contributed by atoms with E-state index in [2.05, 4.69) is 0 Å². The molecule has 0 aliphatic rings. The van der Waals surface area contributed by atoms with Crippen LogP contribution in [0.25, 0.3) is 0 Å². The molecule has 0 saturated heterocycles. The second kappa shape index (κ2) is 2.45. The van der Waals surface area contributed by atoms with Crippen LogP contribution in [-0.4, -0.2) is 16.8 Å². The van der Waals surface area contributed by atoms with Crippen molar-refractivity contribution in [3.8, 4) is 0 Å². The van der Waals surface area contributed by atoms with Crippen LogP contribution in [0, 0.1) is 0 Å². The summed E-state index contributed by atoms with van der Waals surface area (Å²) in [6, 6.07) is 0. The van der Waals surface area contributed by atoms with Gasteiger partial charge < -0.3 is 0 Å². The summed E-state index contributed by atoms with van der Waals surface area (Å²) in [4.78, 5) is 0. The van der Waals surface area contributed by atoms with Crippen LogP contribution in [-0.2, 0) is 11.0 Å². The number of rotatable bonds is 1. The van der Waals surface area contributed by atoms with Gasteiger partial charge in [-0.15, -0.1) is 0 Å². The lowest BCUT2D eigenvalue weighted by molar-refractivity contribution is -0.0392. The molecule has 0 aliphatic carbocycles. The molecule has 1 N–H and O–H groups in total. The SMILES string of the molecule is CNS(=O)C(F)(F)F. The molecule has 0 saturated carbocycles. The van der Waals surface area contributed by atoms with E-state index in [0.717, 1.165) is 7.05 Å². The highest BCUT2D eigenvalue weighted by atomic mass is 32.2. The van der Waals surface area contributed by atoms with E-state index in [-0.39, 0.29) is 0 Å². The highest BCUT2D eigenvalue weighted by molar-refractivity contribution is 7.83. The second-order valence-electron chi connectivity index (χ2n) is 0.919. The maximum absolute atomic E-state index is 11.1. The molecule has 6 heteroatoms. The fraction of sp³-hybridized carbons (Fsp3) is 1.00. The van der Waals surface area contributed by atoms with Crippen molar-refractivity contribution in [2.24, 2.45) is 0 Å². The molecule has 50 valence electrons. The van der Waals surface area contributed by atoms with Gasteiger partial charge in [-0.2, -0.15) is 13.2 Å². The van der Waals surface area contributed by atoms with Gasteiger partial charge in [0.05, 0.1) is 0 Å². The molecule has 0 bridgehead atoms. The summed E-state index contributed by atoms with van der Waals surface area (Å²) in [7, 11) is -1.92. The van der Waals surface area contributed by atoms with Crippen LogP contribution >= 0.6 is 0 Å². The smallest absolute Gasteiger partial charge is 0.234 e. The Bertz CT molecular complexity index is 99.9. The fourth-order valence-corrected chi connectivity index (χ4v) is 0.347. The molecule has 0 rings (SSSR count). The molecule has 0 heterocycles. The van der Waals surface area contributed by atoms with E-state index in [1.54, 1.807) is 4.72 Å². The van der Waals surface area contributed by atoms with Gasteiger partial charge in [-0.25, -0.2) is 8.93 Å². The van der Waals surface area contributed by atoms with Gasteiger partial charge in [-0.1, -0.05) is 0 Å². The molecule has 8 heavy (non-hydrogen) atoms. The number of nitrogens with one attached hydrogen (secondary N) is 1. The Labute approximate surface area is 46.7 Å². The summed E-state index contributed by atoms with van der Waals surface area (Å²) in [6.45, 7) is 0. The van der Waals surface area contributed by atoms with Crippen molar-refractivity contribution < 1.29 is 17.4 Å². The third-order valence-corrected chi connectivity index (χ3v) is 1.19. The first-order chi connectivity index (χ1) is 3.48. The van der Waals surface area contributed by atoms with Crippen molar-refractivity contribution in [3.05, 3.63) is 0 Å². The lowest BCUT2D eigenvalue weighted by Crippen LogP contribution is -2.26. The van der Waals surface area contributed by atoms with Crippen molar-refractivity contribution in [1.82, 2.24) is 4.72 Å². The maximum Gasteiger partial charge on any atom is 0.485 e. The van der Waals surface area contributed by atoms with E-state index >= 15 is 0 Å². The largest absolute Gasteiger partial charge is 0.485 e. The molecule has 1 atom stereocenters.